The van der Waals surface area contributed by atoms with Crippen LogP contribution in [-0.2, 0) is 9.59 Å². The van der Waals surface area contributed by atoms with Crippen molar-refractivity contribution in [3.8, 4) is 0 Å². The maximum absolute atomic E-state index is 16.8. The van der Waals surface area contributed by atoms with E-state index in [9.17, 15) is 19.8 Å². The molecule has 0 heterocycles. The maximum atomic E-state index is 16.8. The minimum absolute atomic E-state index is 0.0430. The minimum atomic E-state index is -1.82. The van der Waals surface area contributed by atoms with Gasteiger partial charge in [-0.15, -0.1) is 0 Å². The first kappa shape index (κ1) is 18.3. The molecule has 2 N–H and O–H groups in total. The highest BCUT2D eigenvalue weighted by molar-refractivity contribution is 5.91. The fourth-order valence-corrected chi connectivity index (χ4v) is 7.15. The van der Waals surface area contributed by atoms with E-state index in [0.717, 1.165) is 5.57 Å². The minimum Gasteiger partial charge on any atom is -0.390 e. The molecular formula is C21H29FO4. The van der Waals surface area contributed by atoms with Gasteiger partial charge in [0.25, 0.3) is 0 Å². The van der Waals surface area contributed by atoms with Gasteiger partial charge in [0.1, 0.15) is 11.3 Å². The molecule has 0 saturated heterocycles. The van der Waals surface area contributed by atoms with Crippen LogP contribution in [0.15, 0.2) is 11.6 Å². The third-order valence-corrected chi connectivity index (χ3v) is 8.78. The first-order chi connectivity index (χ1) is 12.0. The lowest BCUT2D eigenvalue weighted by Gasteiger charge is -2.63. The van der Waals surface area contributed by atoms with Gasteiger partial charge in [0.2, 0.25) is 0 Å². The molecule has 0 amide bonds. The summed E-state index contributed by atoms with van der Waals surface area (Å²) in [6.07, 6.45) is 3.29. The normalized spacial score (nSPS) is 53.4. The van der Waals surface area contributed by atoms with Crippen LogP contribution in [0.4, 0.5) is 4.39 Å². The average Bonchev–Trinajstić information content (AvgIpc) is 2.83. The van der Waals surface area contributed by atoms with E-state index in [4.69, 9.17) is 0 Å². The molecule has 0 aromatic heterocycles. The van der Waals surface area contributed by atoms with E-state index >= 15 is 4.39 Å². The maximum Gasteiger partial charge on any atom is 0.161 e. The summed E-state index contributed by atoms with van der Waals surface area (Å²) in [4.78, 5) is 24.1. The van der Waals surface area contributed by atoms with Crippen LogP contribution in [0.25, 0.3) is 0 Å². The van der Waals surface area contributed by atoms with E-state index in [1.54, 1.807) is 6.08 Å². The standard InChI is InChI=1S/C21H29FO4/c1-12(23)20(26)9-7-15-16-5-4-13-10-14(24)6-8-18(13,2)21(16,22)17(25)11-19(15,20)3/h10,15-17,25-26H,4-9,11H2,1-3H3/t15-,16-,17?,18-,19-,20-,21-/m0/s1. The zero-order chi connectivity index (χ0) is 19.1. The number of ketones is 2. The number of alkyl halides is 1. The molecule has 3 saturated carbocycles. The number of allylic oxidation sites excluding steroid dienone is 1. The molecule has 0 aliphatic heterocycles. The highest BCUT2D eigenvalue weighted by Gasteiger charge is 2.73. The van der Waals surface area contributed by atoms with Crippen molar-refractivity contribution in [3.63, 3.8) is 0 Å². The summed E-state index contributed by atoms with van der Waals surface area (Å²) in [6, 6.07) is 0. The van der Waals surface area contributed by atoms with Crippen LogP contribution in [0, 0.1) is 22.7 Å². The molecule has 0 radical (unpaired) electrons. The lowest BCUT2D eigenvalue weighted by molar-refractivity contribution is -0.225. The number of carbonyl (C=O) groups excluding carboxylic acids is 2. The molecule has 0 bridgehead atoms. The van der Waals surface area contributed by atoms with Crippen LogP contribution in [0.3, 0.4) is 0 Å². The first-order valence-electron chi connectivity index (χ1n) is 9.85. The monoisotopic (exact) mass is 364 g/mol. The SMILES string of the molecule is CC(=O)[C@@]1(O)CC[C@H]2[C@@H]3CCC4=CC(=O)CC[C@]4(C)[C@@]3(F)C(O)C[C@@]21C. The van der Waals surface area contributed by atoms with Crippen LogP contribution < -0.4 is 0 Å². The Morgan fingerprint density at radius 1 is 1.19 bits per heavy atom. The van der Waals surface area contributed by atoms with E-state index in [1.807, 2.05) is 13.8 Å². The van der Waals surface area contributed by atoms with Crippen LogP contribution in [0.5, 0.6) is 0 Å². The quantitative estimate of drug-likeness (QED) is 0.750. The number of rotatable bonds is 1. The number of hydrogen-bond acceptors (Lipinski definition) is 4. The Kier molecular flexibility index (Phi) is 3.70. The van der Waals surface area contributed by atoms with E-state index in [2.05, 4.69) is 0 Å². The zero-order valence-corrected chi connectivity index (χ0v) is 15.8. The number of halogens is 1. The van der Waals surface area contributed by atoms with Gasteiger partial charge in [-0.05, 0) is 57.4 Å². The average molecular weight is 364 g/mol. The molecule has 7 atom stereocenters. The van der Waals surface area contributed by atoms with Gasteiger partial charge in [-0.1, -0.05) is 19.4 Å². The van der Waals surface area contributed by atoms with Crippen LogP contribution in [-0.4, -0.2) is 39.2 Å². The van der Waals surface area contributed by atoms with Gasteiger partial charge in [0.05, 0.1) is 6.10 Å². The lowest BCUT2D eigenvalue weighted by atomic mass is 9.44. The van der Waals surface area contributed by atoms with E-state index < -0.39 is 34.1 Å². The van der Waals surface area contributed by atoms with Crippen molar-refractivity contribution in [2.45, 2.75) is 83.1 Å². The van der Waals surface area contributed by atoms with Crippen LogP contribution in [0.1, 0.15) is 65.7 Å². The predicted octanol–water partition coefficient (Wildman–Crippen LogP) is 2.90. The molecule has 4 rings (SSSR count). The third-order valence-electron chi connectivity index (χ3n) is 8.78. The number of Topliss-reactive ketones (excluding diaryl/α,β-unsaturated/α-hetero) is 1. The fourth-order valence-electron chi connectivity index (χ4n) is 7.15. The molecule has 26 heavy (non-hydrogen) atoms. The van der Waals surface area contributed by atoms with E-state index in [0.29, 0.717) is 38.5 Å². The molecular weight excluding hydrogens is 335 g/mol. The van der Waals surface area contributed by atoms with Gasteiger partial charge in [0.15, 0.2) is 11.6 Å². The largest absolute Gasteiger partial charge is 0.390 e. The molecule has 144 valence electrons. The summed E-state index contributed by atoms with van der Waals surface area (Å²) in [7, 11) is 0. The summed E-state index contributed by atoms with van der Waals surface area (Å²) in [5.41, 5.74) is -4.12. The topological polar surface area (TPSA) is 74.6 Å². The van der Waals surface area contributed by atoms with Crippen LogP contribution in [0.2, 0.25) is 0 Å². The van der Waals surface area contributed by atoms with E-state index in [1.165, 1.54) is 6.92 Å². The smallest absolute Gasteiger partial charge is 0.161 e. The molecule has 4 nitrogen and oxygen atoms in total. The second kappa shape index (κ2) is 5.26. The van der Waals surface area contributed by atoms with Crippen molar-refractivity contribution >= 4 is 11.6 Å². The summed E-state index contributed by atoms with van der Waals surface area (Å²) in [5, 5.41) is 22.2. The molecule has 0 aromatic rings. The molecule has 1 unspecified atom stereocenters. The Morgan fingerprint density at radius 2 is 1.88 bits per heavy atom. The summed E-state index contributed by atoms with van der Waals surface area (Å²) >= 11 is 0. The van der Waals surface area contributed by atoms with Gasteiger partial charge < -0.3 is 10.2 Å². The lowest BCUT2D eigenvalue weighted by Crippen LogP contribution is -2.69. The molecule has 0 aromatic carbocycles. The highest BCUT2D eigenvalue weighted by Crippen LogP contribution is 2.70. The van der Waals surface area contributed by atoms with Crippen molar-refractivity contribution in [1.29, 1.82) is 0 Å². The number of aliphatic hydroxyl groups is 2. The Morgan fingerprint density at radius 3 is 2.54 bits per heavy atom. The molecule has 5 heteroatoms. The summed E-state index contributed by atoms with van der Waals surface area (Å²) < 4.78 is 16.8. The number of aliphatic hydroxyl groups excluding tert-OH is 1. The van der Waals surface area contributed by atoms with Crippen molar-refractivity contribution in [2.75, 3.05) is 0 Å². The van der Waals surface area contributed by atoms with Crippen molar-refractivity contribution in [2.24, 2.45) is 22.7 Å². The molecule has 3 fully saturated rings. The van der Waals surface area contributed by atoms with E-state index in [-0.39, 0.29) is 23.9 Å². The van der Waals surface area contributed by atoms with Crippen LogP contribution >= 0.6 is 0 Å². The molecule has 4 aliphatic carbocycles. The Bertz CT molecular complexity index is 717. The predicted molar refractivity (Wildman–Crippen MR) is 94.1 cm³/mol. The Hall–Kier alpha value is -1.07. The van der Waals surface area contributed by atoms with Gasteiger partial charge >= 0.3 is 0 Å². The number of hydrogen-bond donors (Lipinski definition) is 2. The number of fused-ring (bicyclic) bond motifs is 5. The fraction of sp³-hybridized carbons (Fsp3) is 0.810. The van der Waals surface area contributed by atoms with Gasteiger partial charge in [0, 0.05) is 23.2 Å². The first-order valence-corrected chi connectivity index (χ1v) is 9.85. The number of carbonyl (C=O) groups is 2. The highest BCUT2D eigenvalue weighted by atomic mass is 19.1. The van der Waals surface area contributed by atoms with Gasteiger partial charge in [-0.3, -0.25) is 9.59 Å². The Balaban J connectivity index is 1.82. The molecule has 0 spiro atoms. The summed E-state index contributed by atoms with van der Waals surface area (Å²) in [5.74, 6) is -0.783. The molecule has 4 aliphatic rings. The Labute approximate surface area is 153 Å². The summed E-state index contributed by atoms with van der Waals surface area (Å²) in [6.45, 7) is 5.11. The zero-order valence-electron chi connectivity index (χ0n) is 15.8. The van der Waals surface area contributed by atoms with Gasteiger partial charge in [-0.2, -0.15) is 0 Å². The second-order valence-electron chi connectivity index (χ2n) is 9.58. The third kappa shape index (κ3) is 1.86. The van der Waals surface area contributed by atoms with Gasteiger partial charge in [-0.25, -0.2) is 4.39 Å². The second-order valence-corrected chi connectivity index (χ2v) is 9.58. The van der Waals surface area contributed by atoms with Crippen molar-refractivity contribution in [3.05, 3.63) is 11.6 Å². The van der Waals surface area contributed by atoms with Crippen molar-refractivity contribution < 1.29 is 24.2 Å². The van der Waals surface area contributed by atoms with Crippen molar-refractivity contribution in [1.82, 2.24) is 0 Å².